The fourth-order valence-corrected chi connectivity index (χ4v) is 3.31. The molecule has 3 aromatic carbocycles. The van der Waals surface area contributed by atoms with E-state index in [1.54, 1.807) is 24.3 Å². The summed E-state index contributed by atoms with van der Waals surface area (Å²) in [6.45, 7) is 8.93. The molecular formula is C28H31NO3. The van der Waals surface area contributed by atoms with Gasteiger partial charge in [-0.3, -0.25) is 9.59 Å². The second kappa shape index (κ2) is 10.3. The molecule has 0 saturated carbocycles. The van der Waals surface area contributed by atoms with Gasteiger partial charge >= 0.3 is 0 Å². The van der Waals surface area contributed by atoms with Crippen LogP contribution in [0.25, 0.3) is 0 Å². The first-order valence-corrected chi connectivity index (χ1v) is 11.0. The highest BCUT2D eigenvalue weighted by molar-refractivity contribution is 6.09. The van der Waals surface area contributed by atoms with Gasteiger partial charge in [-0.1, -0.05) is 74.9 Å². The van der Waals surface area contributed by atoms with Crippen LogP contribution in [0.1, 0.15) is 60.7 Å². The van der Waals surface area contributed by atoms with Gasteiger partial charge in [-0.05, 0) is 48.6 Å². The topological polar surface area (TPSA) is 55.4 Å². The average molecular weight is 430 g/mol. The highest BCUT2D eigenvalue weighted by Crippen LogP contribution is 2.23. The lowest BCUT2D eigenvalue weighted by Crippen LogP contribution is -2.13. The Bertz CT molecular complexity index is 1060. The Hall–Kier alpha value is -3.40. The van der Waals surface area contributed by atoms with E-state index in [0.717, 1.165) is 5.75 Å². The first-order chi connectivity index (χ1) is 15.2. The molecule has 1 amide bonds. The van der Waals surface area contributed by atoms with Crippen molar-refractivity contribution in [3.63, 3.8) is 0 Å². The molecule has 0 heterocycles. The zero-order valence-electron chi connectivity index (χ0n) is 19.3. The zero-order chi connectivity index (χ0) is 23.1. The van der Waals surface area contributed by atoms with E-state index in [1.807, 2.05) is 55.5 Å². The molecule has 3 aromatic rings. The van der Waals surface area contributed by atoms with Gasteiger partial charge in [-0.15, -0.1) is 0 Å². The van der Waals surface area contributed by atoms with Gasteiger partial charge in [0, 0.05) is 23.2 Å². The molecule has 0 saturated heterocycles. The lowest BCUT2D eigenvalue weighted by Gasteiger charge is -2.19. The molecule has 0 aliphatic rings. The van der Waals surface area contributed by atoms with Gasteiger partial charge in [-0.2, -0.15) is 0 Å². The number of ketones is 1. The van der Waals surface area contributed by atoms with E-state index in [0.29, 0.717) is 36.3 Å². The van der Waals surface area contributed by atoms with E-state index in [1.165, 1.54) is 11.1 Å². The molecule has 4 nitrogen and oxygen atoms in total. The van der Waals surface area contributed by atoms with Crippen LogP contribution < -0.4 is 10.1 Å². The van der Waals surface area contributed by atoms with Crippen LogP contribution in [0.3, 0.4) is 0 Å². The van der Waals surface area contributed by atoms with Crippen LogP contribution in [0.5, 0.6) is 5.75 Å². The van der Waals surface area contributed by atoms with Crippen molar-refractivity contribution < 1.29 is 14.3 Å². The number of nitrogens with one attached hydrogen (secondary N) is 1. The van der Waals surface area contributed by atoms with E-state index in [-0.39, 0.29) is 17.1 Å². The quantitative estimate of drug-likeness (QED) is 0.337. The Morgan fingerprint density at radius 2 is 1.56 bits per heavy atom. The van der Waals surface area contributed by atoms with Crippen molar-refractivity contribution in [2.75, 3.05) is 11.9 Å². The highest BCUT2D eigenvalue weighted by atomic mass is 16.5. The number of anilines is 1. The lowest BCUT2D eigenvalue weighted by atomic mass is 9.86. The van der Waals surface area contributed by atoms with Gasteiger partial charge in [0.05, 0.1) is 6.61 Å². The molecule has 0 atom stereocenters. The molecule has 0 fully saturated rings. The van der Waals surface area contributed by atoms with Gasteiger partial charge in [0.25, 0.3) is 0 Å². The van der Waals surface area contributed by atoms with Gasteiger partial charge in [-0.25, -0.2) is 0 Å². The molecule has 0 aromatic heterocycles. The maximum Gasteiger partial charge on any atom is 0.224 e. The van der Waals surface area contributed by atoms with Crippen molar-refractivity contribution in [1.29, 1.82) is 0 Å². The van der Waals surface area contributed by atoms with Crippen LogP contribution in [-0.2, 0) is 10.2 Å². The minimum absolute atomic E-state index is 0.0386. The van der Waals surface area contributed by atoms with E-state index >= 15 is 0 Å². The molecule has 166 valence electrons. The number of hydrogen-bond donors (Lipinski definition) is 1. The monoisotopic (exact) mass is 429 g/mol. The number of ether oxygens (including phenoxy) is 1. The minimum Gasteiger partial charge on any atom is -0.494 e. The first kappa shape index (κ1) is 23.3. The summed E-state index contributed by atoms with van der Waals surface area (Å²) in [5, 5.41) is 2.88. The van der Waals surface area contributed by atoms with E-state index < -0.39 is 0 Å². The fourth-order valence-electron chi connectivity index (χ4n) is 3.31. The van der Waals surface area contributed by atoms with Crippen molar-refractivity contribution >= 4 is 17.4 Å². The maximum absolute atomic E-state index is 12.9. The Labute approximate surface area is 190 Å². The third-order valence-corrected chi connectivity index (χ3v) is 5.26. The summed E-state index contributed by atoms with van der Waals surface area (Å²) in [6, 6.07) is 22.6. The van der Waals surface area contributed by atoms with Crippen LogP contribution in [0.2, 0.25) is 0 Å². The van der Waals surface area contributed by atoms with Crippen LogP contribution in [0, 0.1) is 6.92 Å². The number of hydrogen-bond acceptors (Lipinski definition) is 3. The molecule has 0 bridgehead atoms. The molecule has 32 heavy (non-hydrogen) atoms. The van der Waals surface area contributed by atoms with E-state index in [2.05, 4.69) is 26.1 Å². The predicted molar refractivity (Wildman–Crippen MR) is 130 cm³/mol. The maximum atomic E-state index is 12.9. The Morgan fingerprint density at radius 3 is 2.22 bits per heavy atom. The summed E-state index contributed by atoms with van der Waals surface area (Å²) in [6.07, 6.45) is 0.955. The Kier molecular flexibility index (Phi) is 7.47. The standard InChI is InChI=1S/C28H31NO3/c1-20-10-16-25(17-11-20)32-18-6-9-26(30)29-24-8-5-7-22(19-24)27(31)21-12-14-23(15-13-21)28(2,3)4/h5,7-8,10-17,19H,6,9,18H2,1-4H3,(H,29,30). The third kappa shape index (κ3) is 6.55. The molecule has 0 aliphatic carbocycles. The van der Waals surface area contributed by atoms with Gasteiger partial charge in [0.2, 0.25) is 5.91 Å². The van der Waals surface area contributed by atoms with Crippen LogP contribution in [-0.4, -0.2) is 18.3 Å². The van der Waals surface area contributed by atoms with Crippen molar-refractivity contribution in [2.45, 2.75) is 46.0 Å². The molecule has 0 aliphatic heterocycles. The van der Waals surface area contributed by atoms with E-state index in [9.17, 15) is 9.59 Å². The first-order valence-electron chi connectivity index (χ1n) is 11.0. The summed E-state index contributed by atoms with van der Waals surface area (Å²) < 4.78 is 5.67. The third-order valence-electron chi connectivity index (χ3n) is 5.26. The minimum atomic E-state index is -0.100. The molecular weight excluding hydrogens is 398 g/mol. The summed E-state index contributed by atoms with van der Waals surface area (Å²) >= 11 is 0. The summed E-state index contributed by atoms with van der Waals surface area (Å²) in [5.41, 5.74) is 4.20. The number of rotatable bonds is 8. The van der Waals surface area contributed by atoms with Gasteiger partial charge < -0.3 is 10.1 Å². The van der Waals surface area contributed by atoms with E-state index in [4.69, 9.17) is 4.74 Å². The molecule has 1 N–H and O–H groups in total. The molecule has 0 spiro atoms. The smallest absolute Gasteiger partial charge is 0.224 e. The second-order valence-electron chi connectivity index (χ2n) is 9.05. The summed E-state index contributed by atoms with van der Waals surface area (Å²) in [4.78, 5) is 25.2. The second-order valence-corrected chi connectivity index (χ2v) is 9.05. The fraction of sp³-hybridized carbons (Fsp3) is 0.286. The Morgan fingerprint density at radius 1 is 0.875 bits per heavy atom. The van der Waals surface area contributed by atoms with Crippen LogP contribution >= 0.6 is 0 Å². The highest BCUT2D eigenvalue weighted by Gasteiger charge is 2.15. The average Bonchev–Trinajstić information content (AvgIpc) is 2.77. The summed E-state index contributed by atoms with van der Waals surface area (Å²) in [7, 11) is 0. The predicted octanol–water partition coefficient (Wildman–Crippen LogP) is 6.32. The summed E-state index contributed by atoms with van der Waals surface area (Å²) in [5.74, 6) is 0.641. The van der Waals surface area contributed by atoms with Crippen molar-refractivity contribution in [3.8, 4) is 5.75 Å². The largest absolute Gasteiger partial charge is 0.494 e. The normalized spacial score (nSPS) is 11.1. The van der Waals surface area contributed by atoms with Crippen LogP contribution in [0.15, 0.2) is 72.8 Å². The number of benzene rings is 3. The molecule has 0 radical (unpaired) electrons. The number of carbonyl (C=O) groups is 2. The van der Waals surface area contributed by atoms with Crippen molar-refractivity contribution in [2.24, 2.45) is 0 Å². The van der Waals surface area contributed by atoms with Crippen molar-refractivity contribution in [1.82, 2.24) is 0 Å². The SMILES string of the molecule is Cc1ccc(OCCCC(=O)Nc2cccc(C(=O)c3ccc(C(C)(C)C)cc3)c2)cc1. The molecule has 3 rings (SSSR count). The molecule has 4 heteroatoms. The van der Waals surface area contributed by atoms with Gasteiger partial charge in [0.1, 0.15) is 5.75 Å². The molecule has 0 unspecified atom stereocenters. The Balaban J connectivity index is 1.53. The van der Waals surface area contributed by atoms with Crippen molar-refractivity contribution in [3.05, 3.63) is 95.1 Å². The van der Waals surface area contributed by atoms with Gasteiger partial charge in [0.15, 0.2) is 5.78 Å². The van der Waals surface area contributed by atoms with Crippen LogP contribution in [0.4, 0.5) is 5.69 Å². The lowest BCUT2D eigenvalue weighted by molar-refractivity contribution is -0.116. The number of carbonyl (C=O) groups excluding carboxylic acids is 2. The zero-order valence-corrected chi connectivity index (χ0v) is 19.3. The number of aryl methyl sites for hydroxylation is 1. The number of amides is 1.